The molecule has 3 amide bonds. The molecule has 0 saturated carbocycles. The highest BCUT2D eigenvalue weighted by Crippen LogP contribution is 2.23. The van der Waals surface area contributed by atoms with Gasteiger partial charge in [0.05, 0.1) is 0 Å². The maximum atomic E-state index is 13.2. The maximum Gasteiger partial charge on any atom is 0.328 e. The lowest BCUT2D eigenvalue weighted by molar-refractivity contribution is -0.159. The van der Waals surface area contributed by atoms with E-state index in [0.29, 0.717) is 25.3 Å². The third-order valence-electron chi connectivity index (χ3n) is 5.84. The number of nitrogens with zero attached hydrogens (tertiary/aromatic N) is 2. The van der Waals surface area contributed by atoms with E-state index in [2.05, 4.69) is 10.7 Å². The lowest BCUT2D eigenvalue weighted by Gasteiger charge is -2.35. The second-order valence-corrected chi connectivity index (χ2v) is 8.07. The number of hydrogen-bond acceptors (Lipinski definition) is 5. The predicted octanol–water partition coefficient (Wildman–Crippen LogP) is 0.890. The van der Waals surface area contributed by atoms with Gasteiger partial charge in [-0.2, -0.15) is 0 Å². The zero-order valence-electron chi connectivity index (χ0n) is 17.5. The lowest BCUT2D eigenvalue weighted by atomic mass is 9.93. The molecule has 3 N–H and O–H groups in total. The topological polar surface area (TPSA) is 119 Å². The highest BCUT2D eigenvalue weighted by atomic mass is 16.4. The van der Waals surface area contributed by atoms with Crippen LogP contribution < -0.4 is 10.7 Å². The van der Waals surface area contributed by atoms with Crippen LogP contribution in [-0.2, 0) is 19.2 Å². The fourth-order valence-corrected chi connectivity index (χ4v) is 4.09. The average Bonchev–Trinajstić information content (AvgIpc) is 2.96. The van der Waals surface area contributed by atoms with Gasteiger partial charge in [0, 0.05) is 19.9 Å². The first kappa shape index (κ1) is 23.1. The first-order valence-corrected chi connectivity index (χ1v) is 10.6. The summed E-state index contributed by atoms with van der Waals surface area (Å²) in [4.78, 5) is 50.8. The third-order valence-corrected chi connectivity index (χ3v) is 5.84. The standard InChI is InChI=1S/C20H34N4O5/c1-14(20(28)29)24(22-15(2)25)19(27)17-6-4-3-5-13-23(17)18(26)8-7-16-9-11-21-12-10-16/h14,16-17,21H,3-13H2,1-2H3,(H,22,25)(H,28,29)/t14-,17+/m0/s1. The Hall–Kier alpha value is -2.16. The molecule has 2 rings (SSSR count). The Bertz CT molecular complexity index is 606. The van der Waals surface area contributed by atoms with Crippen LogP contribution in [0.3, 0.4) is 0 Å². The number of aliphatic carboxylic acids is 1. The SMILES string of the molecule is CC(=O)NN(C(=O)[C@H]1CCCCCN1C(=O)CCC1CCNCC1)[C@@H](C)C(=O)O. The fourth-order valence-electron chi connectivity index (χ4n) is 4.09. The van der Waals surface area contributed by atoms with E-state index >= 15 is 0 Å². The van der Waals surface area contributed by atoms with Crippen molar-refractivity contribution in [3.8, 4) is 0 Å². The van der Waals surface area contributed by atoms with Gasteiger partial charge in [-0.25, -0.2) is 9.80 Å². The van der Waals surface area contributed by atoms with Crippen LogP contribution in [0.2, 0.25) is 0 Å². The predicted molar refractivity (Wildman–Crippen MR) is 107 cm³/mol. The highest BCUT2D eigenvalue weighted by Gasteiger charge is 2.37. The van der Waals surface area contributed by atoms with Crippen molar-refractivity contribution in [2.24, 2.45) is 5.92 Å². The summed E-state index contributed by atoms with van der Waals surface area (Å²) in [5.74, 6) is -1.82. The van der Waals surface area contributed by atoms with Crippen LogP contribution in [0.4, 0.5) is 0 Å². The molecule has 0 radical (unpaired) electrons. The molecule has 29 heavy (non-hydrogen) atoms. The van der Waals surface area contributed by atoms with Gasteiger partial charge in [-0.15, -0.1) is 0 Å². The molecule has 0 bridgehead atoms. The summed E-state index contributed by atoms with van der Waals surface area (Å²) in [5.41, 5.74) is 2.34. The van der Waals surface area contributed by atoms with Crippen LogP contribution in [0, 0.1) is 5.92 Å². The zero-order chi connectivity index (χ0) is 21.4. The zero-order valence-corrected chi connectivity index (χ0v) is 17.5. The minimum Gasteiger partial charge on any atom is -0.480 e. The number of likely N-dealkylation sites (tertiary alicyclic amines) is 1. The number of carboxylic acid groups (broad SMARTS) is 1. The summed E-state index contributed by atoms with van der Waals surface area (Å²) in [6, 6.07) is -1.96. The van der Waals surface area contributed by atoms with E-state index in [1.165, 1.54) is 13.8 Å². The molecule has 9 heteroatoms. The maximum absolute atomic E-state index is 13.2. The van der Waals surface area contributed by atoms with Crippen molar-refractivity contribution in [2.45, 2.75) is 77.3 Å². The minimum atomic E-state index is -1.22. The Kier molecular flexibility index (Phi) is 8.88. The largest absolute Gasteiger partial charge is 0.480 e. The van der Waals surface area contributed by atoms with Gasteiger partial charge in [0.2, 0.25) is 11.8 Å². The number of hydrazine groups is 1. The van der Waals surface area contributed by atoms with Gasteiger partial charge < -0.3 is 15.3 Å². The Labute approximate surface area is 172 Å². The van der Waals surface area contributed by atoms with Crippen LogP contribution in [0.25, 0.3) is 0 Å². The van der Waals surface area contributed by atoms with E-state index in [1.54, 1.807) is 4.90 Å². The normalized spacial score (nSPS) is 21.7. The first-order valence-electron chi connectivity index (χ1n) is 10.6. The quantitative estimate of drug-likeness (QED) is 0.560. The van der Waals surface area contributed by atoms with E-state index in [9.17, 15) is 24.3 Å². The third kappa shape index (κ3) is 6.69. The summed E-state index contributed by atoms with van der Waals surface area (Å²) in [6.45, 7) is 5.00. The fraction of sp³-hybridized carbons (Fsp3) is 0.800. The van der Waals surface area contributed by atoms with Crippen LogP contribution in [-0.4, -0.2) is 70.4 Å². The summed E-state index contributed by atoms with van der Waals surface area (Å²) in [5, 5.41) is 13.5. The molecular weight excluding hydrogens is 376 g/mol. The molecule has 0 aromatic carbocycles. The molecule has 2 saturated heterocycles. The van der Waals surface area contributed by atoms with Gasteiger partial charge in [0.1, 0.15) is 12.1 Å². The van der Waals surface area contributed by atoms with Gasteiger partial charge in [0.25, 0.3) is 5.91 Å². The van der Waals surface area contributed by atoms with Gasteiger partial charge in [0.15, 0.2) is 0 Å². The Morgan fingerprint density at radius 2 is 1.83 bits per heavy atom. The minimum absolute atomic E-state index is 0.0606. The van der Waals surface area contributed by atoms with Crippen LogP contribution in [0.15, 0.2) is 0 Å². The Morgan fingerprint density at radius 1 is 1.14 bits per heavy atom. The number of carbonyl (C=O) groups is 4. The number of piperidine rings is 1. The summed E-state index contributed by atoms with van der Waals surface area (Å²) >= 11 is 0. The second kappa shape index (κ2) is 11.1. The summed E-state index contributed by atoms with van der Waals surface area (Å²) in [6.07, 6.45) is 6.30. The molecule has 2 heterocycles. The number of hydrogen-bond donors (Lipinski definition) is 3. The van der Waals surface area contributed by atoms with Crippen molar-refractivity contribution in [1.29, 1.82) is 0 Å². The molecule has 2 fully saturated rings. The molecule has 2 aliphatic rings. The number of rotatable bonds is 6. The molecule has 0 aromatic rings. The Balaban J connectivity index is 2.11. The molecule has 0 spiro atoms. The highest BCUT2D eigenvalue weighted by molar-refractivity contribution is 5.91. The van der Waals surface area contributed by atoms with Crippen molar-refractivity contribution in [3.05, 3.63) is 0 Å². The molecule has 0 aliphatic carbocycles. The monoisotopic (exact) mass is 410 g/mol. The number of amides is 3. The van der Waals surface area contributed by atoms with E-state index < -0.39 is 29.9 Å². The van der Waals surface area contributed by atoms with E-state index in [0.717, 1.165) is 56.6 Å². The molecule has 9 nitrogen and oxygen atoms in total. The van der Waals surface area contributed by atoms with E-state index in [-0.39, 0.29) is 5.91 Å². The second-order valence-electron chi connectivity index (χ2n) is 8.07. The summed E-state index contributed by atoms with van der Waals surface area (Å²) in [7, 11) is 0. The number of nitrogens with one attached hydrogen (secondary N) is 2. The lowest BCUT2D eigenvalue weighted by Crippen LogP contribution is -2.59. The van der Waals surface area contributed by atoms with Crippen molar-refractivity contribution in [2.75, 3.05) is 19.6 Å². The molecule has 164 valence electrons. The molecule has 2 atom stereocenters. The van der Waals surface area contributed by atoms with Crippen molar-refractivity contribution >= 4 is 23.7 Å². The number of carbonyl (C=O) groups excluding carboxylic acids is 3. The van der Waals surface area contributed by atoms with Gasteiger partial charge in [-0.3, -0.25) is 19.8 Å². The van der Waals surface area contributed by atoms with Crippen LogP contribution in [0.5, 0.6) is 0 Å². The molecule has 2 aliphatic heterocycles. The van der Waals surface area contributed by atoms with Gasteiger partial charge in [-0.05, 0) is 58.0 Å². The van der Waals surface area contributed by atoms with E-state index in [1.807, 2.05) is 0 Å². The van der Waals surface area contributed by atoms with Crippen molar-refractivity contribution < 1.29 is 24.3 Å². The number of carboxylic acids is 1. The van der Waals surface area contributed by atoms with Crippen molar-refractivity contribution in [3.63, 3.8) is 0 Å². The average molecular weight is 411 g/mol. The Morgan fingerprint density at radius 3 is 2.45 bits per heavy atom. The molecular formula is C20H34N4O5. The van der Waals surface area contributed by atoms with Crippen molar-refractivity contribution in [1.82, 2.24) is 20.7 Å². The van der Waals surface area contributed by atoms with E-state index in [4.69, 9.17) is 0 Å². The summed E-state index contributed by atoms with van der Waals surface area (Å²) < 4.78 is 0. The van der Waals surface area contributed by atoms with Crippen LogP contribution in [0.1, 0.15) is 65.2 Å². The molecule has 0 aromatic heterocycles. The van der Waals surface area contributed by atoms with Gasteiger partial charge in [-0.1, -0.05) is 12.8 Å². The molecule has 0 unspecified atom stereocenters. The van der Waals surface area contributed by atoms with Gasteiger partial charge >= 0.3 is 5.97 Å². The van der Waals surface area contributed by atoms with Crippen LogP contribution >= 0.6 is 0 Å². The first-order chi connectivity index (χ1) is 13.8. The smallest absolute Gasteiger partial charge is 0.328 e.